The van der Waals surface area contributed by atoms with Gasteiger partial charge < -0.3 is 10.4 Å². The van der Waals surface area contributed by atoms with Gasteiger partial charge in [-0.1, -0.05) is 0 Å². The van der Waals surface area contributed by atoms with Crippen molar-refractivity contribution >= 4 is 29.4 Å². The van der Waals surface area contributed by atoms with Crippen molar-refractivity contribution in [2.75, 3.05) is 6.54 Å². The van der Waals surface area contributed by atoms with E-state index in [1.54, 1.807) is 6.20 Å². The van der Waals surface area contributed by atoms with Crippen LogP contribution in [0.25, 0.3) is 0 Å². The lowest BCUT2D eigenvalue weighted by atomic mass is 9.07. The number of hydrogen-bond donors (Lipinski definition) is 2. The maximum atomic E-state index is 11.8. The van der Waals surface area contributed by atoms with Gasteiger partial charge in [-0.3, -0.25) is 14.6 Å². The normalized spacial score (nSPS) is 47.9. The van der Waals surface area contributed by atoms with E-state index in [0.717, 1.165) is 34.8 Å². The van der Waals surface area contributed by atoms with Crippen LogP contribution in [0.5, 0.6) is 0 Å². The molecule has 1 aromatic rings. The van der Waals surface area contributed by atoms with Crippen molar-refractivity contribution in [3.8, 4) is 0 Å². The molecule has 0 saturated heterocycles. The lowest BCUT2D eigenvalue weighted by Crippen LogP contribution is -2.95. The molecule has 4 saturated carbocycles. The fraction of sp³-hybridized carbons (Fsp3) is 0.556. The van der Waals surface area contributed by atoms with Crippen molar-refractivity contribution in [3.05, 3.63) is 27.9 Å². The number of fused-ring (bicyclic) bond motifs is 2. The van der Waals surface area contributed by atoms with Gasteiger partial charge in [-0.2, -0.15) is 0 Å². The molecule has 6 nitrogen and oxygen atoms in total. The Morgan fingerprint density at radius 3 is 2.72 bits per heavy atom. The second kappa shape index (κ2) is 4.03. The molecular weight excluding hydrogens is 338 g/mol. The van der Waals surface area contributed by atoms with Crippen LogP contribution < -0.4 is 5.32 Å². The Labute approximate surface area is 148 Å². The summed E-state index contributed by atoms with van der Waals surface area (Å²) in [6.07, 6.45) is 3.78. The molecule has 7 heteroatoms. The van der Waals surface area contributed by atoms with E-state index < -0.39 is 11.4 Å². The molecule has 4 unspecified atom stereocenters. The highest BCUT2D eigenvalue weighted by atomic mass is 32.1. The number of carboxylic acids is 1. The molecule has 4 atom stereocenters. The summed E-state index contributed by atoms with van der Waals surface area (Å²) >= 11 is 1.53. The van der Waals surface area contributed by atoms with Gasteiger partial charge in [0, 0.05) is 28.3 Å². The number of amidine groups is 1. The standard InChI is InChI=1S/C18H17N3O3S/c1-17(16(23)24)10-8-4-9-11(17)12(10)18(8,9)13-7(6-22)5-20-14(21-13)15-19-2-3-25-15/h2-3,6,8-12H,4-5H2,1H3,(H,20,21)(H,23,24). The third-order valence-electron chi connectivity index (χ3n) is 7.96. The van der Waals surface area contributed by atoms with Gasteiger partial charge in [-0.25, -0.2) is 4.98 Å². The molecule has 4 fully saturated rings. The highest BCUT2D eigenvalue weighted by Crippen LogP contribution is 2.97. The number of aliphatic imine (C=N–C) groups is 1. The monoisotopic (exact) mass is 355 g/mol. The lowest BCUT2D eigenvalue weighted by molar-refractivity contribution is -0.474. The van der Waals surface area contributed by atoms with E-state index in [1.807, 2.05) is 12.3 Å². The minimum absolute atomic E-state index is 0.0129. The zero-order valence-electron chi connectivity index (χ0n) is 13.6. The largest absolute Gasteiger partial charge is 0.481 e. The first-order valence-electron chi connectivity index (χ1n) is 8.69. The predicted octanol–water partition coefficient (Wildman–Crippen LogP) is 1.55. The number of hydrogen-bond acceptors (Lipinski definition) is 6. The smallest absolute Gasteiger partial charge is 0.309 e. The first kappa shape index (κ1) is 14.2. The molecule has 1 aliphatic heterocycles. The van der Waals surface area contributed by atoms with Gasteiger partial charge >= 0.3 is 5.97 Å². The first-order chi connectivity index (χ1) is 12.1. The number of aliphatic carboxylic acids is 1. The molecule has 0 aromatic carbocycles. The van der Waals surface area contributed by atoms with Crippen molar-refractivity contribution in [1.82, 2.24) is 10.3 Å². The molecule has 128 valence electrons. The molecule has 5 aliphatic rings. The van der Waals surface area contributed by atoms with Crippen LogP contribution in [0, 0.1) is 40.4 Å². The Hall–Kier alpha value is -2.02. The first-order valence-corrected chi connectivity index (χ1v) is 9.57. The number of aldehydes is 1. The van der Waals surface area contributed by atoms with Crippen LogP contribution in [-0.2, 0) is 9.59 Å². The average Bonchev–Trinajstić information content (AvgIpc) is 3.15. The van der Waals surface area contributed by atoms with Gasteiger partial charge in [0.2, 0.25) is 0 Å². The number of carbonyl (C=O) groups is 2. The van der Waals surface area contributed by atoms with Gasteiger partial charge in [0.1, 0.15) is 6.29 Å². The predicted molar refractivity (Wildman–Crippen MR) is 90.0 cm³/mol. The number of rotatable bonds is 4. The van der Waals surface area contributed by atoms with Crippen LogP contribution in [0.4, 0.5) is 0 Å². The fourth-order valence-corrected chi connectivity index (χ4v) is 7.77. The lowest BCUT2D eigenvalue weighted by Gasteiger charge is -2.95. The van der Waals surface area contributed by atoms with Crippen LogP contribution in [0.15, 0.2) is 27.8 Å². The third-order valence-corrected chi connectivity index (χ3v) is 8.74. The average molecular weight is 355 g/mol. The van der Waals surface area contributed by atoms with Gasteiger partial charge in [0.25, 0.3) is 0 Å². The number of nitrogens with zero attached hydrogens (tertiary/aromatic N) is 2. The highest BCUT2D eigenvalue weighted by Gasteiger charge is 2.96. The van der Waals surface area contributed by atoms with Crippen molar-refractivity contribution in [2.24, 2.45) is 45.4 Å². The van der Waals surface area contributed by atoms with Gasteiger partial charge in [0.05, 0.1) is 12.0 Å². The Balaban J connectivity index is 1.37. The summed E-state index contributed by atoms with van der Waals surface area (Å²) in [6, 6.07) is 0. The molecule has 25 heavy (non-hydrogen) atoms. The second-order valence-corrected chi connectivity index (χ2v) is 9.09. The molecule has 1 aromatic heterocycles. The van der Waals surface area contributed by atoms with E-state index in [4.69, 9.17) is 0 Å². The van der Waals surface area contributed by atoms with Crippen LogP contribution in [0.3, 0.4) is 0 Å². The number of carboxylic acid groups (broad SMARTS) is 1. The van der Waals surface area contributed by atoms with E-state index >= 15 is 0 Å². The van der Waals surface area contributed by atoms with Crippen LogP contribution >= 0.6 is 11.3 Å². The Kier molecular flexibility index (Phi) is 2.29. The van der Waals surface area contributed by atoms with E-state index in [1.165, 1.54) is 11.3 Å². The fourth-order valence-electron chi connectivity index (χ4n) is 7.17. The summed E-state index contributed by atoms with van der Waals surface area (Å²) in [6.45, 7) is 2.31. The van der Waals surface area contributed by atoms with Crippen LogP contribution in [0.1, 0.15) is 18.4 Å². The highest BCUT2D eigenvalue weighted by molar-refractivity contribution is 7.11. The molecular formula is C18H17N3O3S. The summed E-state index contributed by atoms with van der Waals surface area (Å²) < 4.78 is 0. The van der Waals surface area contributed by atoms with E-state index in [9.17, 15) is 14.7 Å². The molecule has 6 rings (SSSR count). The topological polar surface area (TPSA) is 91.6 Å². The molecule has 0 radical (unpaired) electrons. The summed E-state index contributed by atoms with van der Waals surface area (Å²) in [5, 5.41) is 15.9. The van der Waals surface area contributed by atoms with Crippen molar-refractivity contribution < 1.29 is 14.7 Å². The zero-order valence-corrected chi connectivity index (χ0v) is 14.4. The minimum Gasteiger partial charge on any atom is -0.481 e. The number of nitrogens with one attached hydrogen (secondary N) is 1. The van der Waals surface area contributed by atoms with Gasteiger partial charge in [-0.05, 0) is 42.9 Å². The Morgan fingerprint density at radius 1 is 1.40 bits per heavy atom. The Bertz CT molecular complexity index is 871. The molecule has 0 spiro atoms. The van der Waals surface area contributed by atoms with E-state index in [2.05, 4.69) is 15.3 Å². The van der Waals surface area contributed by atoms with Crippen molar-refractivity contribution in [3.63, 3.8) is 0 Å². The molecule has 4 aliphatic carbocycles. The second-order valence-electron chi connectivity index (χ2n) is 8.19. The van der Waals surface area contributed by atoms with Crippen molar-refractivity contribution in [2.45, 2.75) is 13.3 Å². The van der Waals surface area contributed by atoms with Crippen LogP contribution in [0.2, 0.25) is 0 Å². The molecule has 2 heterocycles. The van der Waals surface area contributed by atoms with E-state index in [0.29, 0.717) is 24.3 Å². The molecule has 2 N–H and O–H groups in total. The number of carbonyl (C=O) groups excluding carboxylic acids is 1. The summed E-state index contributed by atoms with van der Waals surface area (Å²) in [7, 11) is 0. The molecule has 0 amide bonds. The summed E-state index contributed by atoms with van der Waals surface area (Å²) in [5.41, 5.74) is 1.21. The third kappa shape index (κ3) is 1.19. The Morgan fingerprint density at radius 2 is 2.16 bits per heavy atom. The van der Waals surface area contributed by atoms with Gasteiger partial charge in [-0.15, -0.1) is 11.3 Å². The van der Waals surface area contributed by atoms with E-state index in [-0.39, 0.29) is 17.3 Å². The molecule has 0 bridgehead atoms. The maximum Gasteiger partial charge on any atom is 0.309 e. The zero-order chi connectivity index (χ0) is 17.1. The van der Waals surface area contributed by atoms with Gasteiger partial charge in [0.15, 0.2) is 10.8 Å². The summed E-state index contributed by atoms with van der Waals surface area (Å²) in [5.74, 6) is 1.84. The van der Waals surface area contributed by atoms with Crippen LogP contribution in [-0.4, -0.2) is 34.7 Å². The number of allylic oxidation sites excluding steroid dienone is 1. The van der Waals surface area contributed by atoms with Crippen molar-refractivity contribution in [1.29, 1.82) is 0 Å². The minimum atomic E-state index is -0.645. The maximum absolute atomic E-state index is 11.8. The quantitative estimate of drug-likeness (QED) is 0.800. The number of thiazole rings is 1. The summed E-state index contributed by atoms with van der Waals surface area (Å²) in [4.78, 5) is 32.3. The number of aromatic nitrogens is 1. The SMILES string of the molecule is CC1(C(=O)O)C2C3CC4C1C2C34C1=C(C=O)CN=C(c2nccs2)N1.